The molecule has 0 aliphatic carbocycles. The lowest BCUT2D eigenvalue weighted by molar-refractivity contribution is -0.139. The lowest BCUT2D eigenvalue weighted by atomic mass is 10.2. The molecule has 1 atom stereocenters. The molecule has 0 amide bonds. The third-order valence-electron chi connectivity index (χ3n) is 1.89. The summed E-state index contributed by atoms with van der Waals surface area (Å²) in [6.45, 7) is 5.68. The second kappa shape index (κ2) is 7.79. The summed E-state index contributed by atoms with van der Waals surface area (Å²) in [6, 6.07) is -0.728. The smallest absolute Gasteiger partial charge is 0.344 e. The Labute approximate surface area is 95.9 Å². The SMILES string of the molecule is CCOP(=O)(CNC(CC)C(=O)O)OCC. The Bertz CT molecular complexity index is 248. The van der Waals surface area contributed by atoms with Crippen molar-refractivity contribution in [3.63, 3.8) is 0 Å². The fraction of sp³-hybridized carbons (Fsp3) is 0.889. The van der Waals surface area contributed by atoms with E-state index in [1.807, 2.05) is 0 Å². The topological polar surface area (TPSA) is 84.9 Å². The van der Waals surface area contributed by atoms with Crippen molar-refractivity contribution >= 4 is 13.6 Å². The third kappa shape index (κ3) is 5.61. The van der Waals surface area contributed by atoms with E-state index in [0.717, 1.165) is 0 Å². The van der Waals surface area contributed by atoms with E-state index < -0.39 is 19.6 Å². The molecule has 0 rings (SSSR count). The number of carboxylic acid groups (broad SMARTS) is 1. The average molecular weight is 253 g/mol. The highest BCUT2D eigenvalue weighted by Gasteiger charge is 2.26. The van der Waals surface area contributed by atoms with Crippen LogP contribution >= 0.6 is 7.60 Å². The Balaban J connectivity index is 4.30. The first-order chi connectivity index (χ1) is 7.49. The van der Waals surface area contributed by atoms with Gasteiger partial charge in [0.2, 0.25) is 0 Å². The molecular formula is C9H20NO5P. The summed E-state index contributed by atoms with van der Waals surface area (Å²) in [5.74, 6) is -0.970. The van der Waals surface area contributed by atoms with Crippen LogP contribution in [-0.4, -0.2) is 36.6 Å². The van der Waals surface area contributed by atoms with E-state index in [2.05, 4.69) is 5.32 Å². The summed E-state index contributed by atoms with van der Waals surface area (Å²) in [5.41, 5.74) is 0. The predicted octanol–water partition coefficient (Wildman–Crippen LogP) is 1.66. The van der Waals surface area contributed by atoms with E-state index >= 15 is 0 Å². The van der Waals surface area contributed by atoms with Crippen LogP contribution in [-0.2, 0) is 18.4 Å². The highest BCUT2D eigenvalue weighted by molar-refractivity contribution is 7.53. The van der Waals surface area contributed by atoms with Crippen LogP contribution < -0.4 is 5.32 Å². The lowest BCUT2D eigenvalue weighted by Crippen LogP contribution is -2.36. The van der Waals surface area contributed by atoms with Crippen LogP contribution in [0, 0.1) is 0 Å². The molecule has 96 valence electrons. The molecule has 0 aromatic carbocycles. The van der Waals surface area contributed by atoms with Crippen LogP contribution in [0.2, 0.25) is 0 Å². The molecule has 0 fully saturated rings. The van der Waals surface area contributed by atoms with Gasteiger partial charge in [-0.2, -0.15) is 0 Å². The molecule has 6 nitrogen and oxygen atoms in total. The first-order valence-electron chi connectivity index (χ1n) is 5.33. The third-order valence-corrected chi connectivity index (χ3v) is 3.76. The fourth-order valence-electron chi connectivity index (χ4n) is 1.15. The van der Waals surface area contributed by atoms with E-state index in [9.17, 15) is 9.36 Å². The van der Waals surface area contributed by atoms with E-state index in [1.165, 1.54) is 0 Å². The van der Waals surface area contributed by atoms with Crippen molar-refractivity contribution in [1.82, 2.24) is 5.32 Å². The second-order valence-corrected chi connectivity index (χ2v) is 5.16. The second-order valence-electron chi connectivity index (χ2n) is 3.11. The van der Waals surface area contributed by atoms with E-state index in [0.29, 0.717) is 6.42 Å². The molecule has 2 N–H and O–H groups in total. The molecule has 0 saturated heterocycles. The van der Waals surface area contributed by atoms with Gasteiger partial charge in [-0.1, -0.05) is 6.92 Å². The Hall–Kier alpha value is -0.420. The summed E-state index contributed by atoms with van der Waals surface area (Å²) in [5, 5.41) is 11.5. The maximum atomic E-state index is 12.0. The van der Waals surface area contributed by atoms with Crippen molar-refractivity contribution in [3.8, 4) is 0 Å². The summed E-state index contributed by atoms with van der Waals surface area (Å²) in [4.78, 5) is 10.7. The molecule has 0 aliphatic heterocycles. The molecule has 1 unspecified atom stereocenters. The Morgan fingerprint density at radius 3 is 2.12 bits per heavy atom. The Morgan fingerprint density at radius 2 is 1.81 bits per heavy atom. The zero-order valence-electron chi connectivity index (χ0n) is 9.93. The normalized spacial score (nSPS) is 13.7. The first-order valence-corrected chi connectivity index (χ1v) is 7.06. The zero-order chi connectivity index (χ0) is 12.6. The molecule has 0 aromatic heterocycles. The standard InChI is InChI=1S/C9H20NO5P/c1-4-8(9(11)12)10-7-16(13,14-5-2)15-6-3/h8,10H,4-7H2,1-3H3,(H,11,12). The van der Waals surface area contributed by atoms with E-state index in [-0.39, 0.29) is 19.5 Å². The largest absolute Gasteiger partial charge is 0.480 e. The maximum absolute atomic E-state index is 12.0. The van der Waals surface area contributed by atoms with Crippen molar-refractivity contribution in [3.05, 3.63) is 0 Å². The number of hydrogen-bond acceptors (Lipinski definition) is 5. The Morgan fingerprint density at radius 1 is 1.31 bits per heavy atom. The first kappa shape index (κ1) is 15.6. The molecule has 0 radical (unpaired) electrons. The van der Waals surface area contributed by atoms with Gasteiger partial charge in [-0.15, -0.1) is 0 Å². The molecule has 0 spiro atoms. The molecule has 7 heteroatoms. The molecule has 0 heterocycles. The van der Waals surface area contributed by atoms with Gasteiger partial charge in [0.05, 0.1) is 19.5 Å². The van der Waals surface area contributed by atoms with Gasteiger partial charge in [0, 0.05) is 0 Å². The van der Waals surface area contributed by atoms with Crippen molar-refractivity contribution in [2.45, 2.75) is 33.2 Å². The summed E-state index contributed by atoms with van der Waals surface area (Å²) in [7, 11) is -3.20. The van der Waals surface area contributed by atoms with E-state index in [1.54, 1.807) is 20.8 Å². The van der Waals surface area contributed by atoms with Crippen molar-refractivity contribution in [2.75, 3.05) is 19.5 Å². The van der Waals surface area contributed by atoms with Gasteiger partial charge < -0.3 is 14.2 Å². The number of hydrogen-bond donors (Lipinski definition) is 2. The molecule has 16 heavy (non-hydrogen) atoms. The monoisotopic (exact) mass is 253 g/mol. The van der Waals surface area contributed by atoms with Gasteiger partial charge >= 0.3 is 13.6 Å². The van der Waals surface area contributed by atoms with Gasteiger partial charge in [0.25, 0.3) is 0 Å². The minimum absolute atomic E-state index is 0.0838. The minimum atomic E-state index is -3.20. The number of carbonyl (C=O) groups is 1. The Kier molecular flexibility index (Phi) is 7.58. The highest BCUT2D eigenvalue weighted by atomic mass is 31.2. The van der Waals surface area contributed by atoms with Gasteiger partial charge in [0.15, 0.2) is 0 Å². The van der Waals surface area contributed by atoms with Gasteiger partial charge in [-0.25, -0.2) is 0 Å². The summed E-state index contributed by atoms with van der Waals surface area (Å²) in [6.07, 6.45) is 0.326. The van der Waals surface area contributed by atoms with Crippen LogP contribution in [0.4, 0.5) is 0 Å². The molecule has 0 aromatic rings. The van der Waals surface area contributed by atoms with Gasteiger partial charge in [-0.05, 0) is 20.3 Å². The zero-order valence-corrected chi connectivity index (χ0v) is 10.8. The van der Waals surface area contributed by atoms with E-state index in [4.69, 9.17) is 14.2 Å². The fourth-order valence-corrected chi connectivity index (χ4v) is 2.64. The van der Waals surface area contributed by atoms with Crippen LogP contribution in [0.1, 0.15) is 27.2 Å². The minimum Gasteiger partial charge on any atom is -0.480 e. The molecule has 0 aliphatic rings. The van der Waals surface area contributed by atoms with Gasteiger partial charge in [-0.3, -0.25) is 14.7 Å². The average Bonchev–Trinajstić information content (AvgIpc) is 2.18. The van der Waals surface area contributed by atoms with Crippen LogP contribution in [0.3, 0.4) is 0 Å². The molecular weight excluding hydrogens is 233 g/mol. The number of aliphatic carboxylic acids is 1. The van der Waals surface area contributed by atoms with Crippen molar-refractivity contribution in [1.29, 1.82) is 0 Å². The van der Waals surface area contributed by atoms with Crippen molar-refractivity contribution in [2.24, 2.45) is 0 Å². The summed E-state index contributed by atoms with van der Waals surface area (Å²) < 4.78 is 22.0. The molecule has 0 bridgehead atoms. The summed E-state index contributed by atoms with van der Waals surface area (Å²) >= 11 is 0. The number of rotatable bonds is 9. The van der Waals surface area contributed by atoms with Gasteiger partial charge in [0.1, 0.15) is 6.04 Å². The number of nitrogens with one attached hydrogen (secondary N) is 1. The van der Waals surface area contributed by atoms with Crippen molar-refractivity contribution < 1.29 is 23.5 Å². The highest BCUT2D eigenvalue weighted by Crippen LogP contribution is 2.46. The molecule has 0 saturated carbocycles. The van der Waals surface area contributed by atoms with Crippen LogP contribution in [0.15, 0.2) is 0 Å². The lowest BCUT2D eigenvalue weighted by Gasteiger charge is -2.19. The maximum Gasteiger partial charge on any atom is 0.344 e. The van der Waals surface area contributed by atoms with Crippen LogP contribution in [0.25, 0.3) is 0 Å². The quantitative estimate of drug-likeness (QED) is 0.608. The van der Waals surface area contributed by atoms with Crippen LogP contribution in [0.5, 0.6) is 0 Å². The predicted molar refractivity (Wildman–Crippen MR) is 60.6 cm³/mol. The number of carboxylic acids is 1.